The predicted molar refractivity (Wildman–Crippen MR) is 72.7 cm³/mol. The molecule has 0 saturated heterocycles. The van der Waals surface area contributed by atoms with Crippen molar-refractivity contribution in [3.8, 4) is 0 Å². The first kappa shape index (κ1) is 14.0. The van der Waals surface area contributed by atoms with Crippen LogP contribution in [0.15, 0.2) is 24.3 Å². The van der Waals surface area contributed by atoms with Crippen molar-refractivity contribution in [1.29, 1.82) is 0 Å². The molecule has 6 nitrogen and oxygen atoms in total. The number of nitrogens with one attached hydrogen (secondary N) is 2. The van der Waals surface area contributed by atoms with E-state index < -0.39 is 10.2 Å². The number of fused-ring (bicyclic) bond motifs is 1. The number of hydrogen-bond donors (Lipinski definition) is 2. The van der Waals surface area contributed by atoms with Gasteiger partial charge in [-0.05, 0) is 25.5 Å². The Balaban J connectivity index is 2.32. The van der Waals surface area contributed by atoms with Crippen LogP contribution in [0.4, 0.5) is 5.69 Å². The maximum atomic E-state index is 12.1. The average molecular weight is 283 g/mol. The van der Waals surface area contributed by atoms with Crippen molar-refractivity contribution >= 4 is 21.8 Å². The van der Waals surface area contributed by atoms with Crippen LogP contribution >= 0.6 is 0 Å². The van der Waals surface area contributed by atoms with E-state index >= 15 is 0 Å². The molecule has 19 heavy (non-hydrogen) atoms. The van der Waals surface area contributed by atoms with Gasteiger partial charge in [0.25, 0.3) is 10.2 Å². The number of para-hydroxylation sites is 1. The Bertz CT molecular complexity index is 584. The Labute approximate surface area is 113 Å². The normalized spacial score (nSPS) is 16.9. The molecule has 1 aromatic rings. The Kier molecular flexibility index (Phi) is 3.88. The van der Waals surface area contributed by atoms with Gasteiger partial charge >= 0.3 is 0 Å². The molecular weight excluding hydrogens is 266 g/mol. The van der Waals surface area contributed by atoms with E-state index in [1.54, 1.807) is 32.0 Å². The van der Waals surface area contributed by atoms with Gasteiger partial charge in [0.05, 0.1) is 6.54 Å². The molecule has 1 heterocycles. The number of benzene rings is 1. The lowest BCUT2D eigenvalue weighted by Crippen LogP contribution is -2.45. The van der Waals surface area contributed by atoms with Crippen LogP contribution in [0.2, 0.25) is 0 Å². The Morgan fingerprint density at radius 2 is 1.95 bits per heavy atom. The molecule has 104 valence electrons. The zero-order valence-corrected chi connectivity index (χ0v) is 11.7. The second kappa shape index (κ2) is 5.28. The average Bonchev–Trinajstić information content (AvgIpc) is 2.45. The summed E-state index contributed by atoms with van der Waals surface area (Å²) >= 11 is 0. The molecular formula is C12H17N3O3S. The summed E-state index contributed by atoms with van der Waals surface area (Å²) in [6, 6.07) is 6.97. The molecule has 1 aliphatic heterocycles. The van der Waals surface area contributed by atoms with Gasteiger partial charge in [-0.1, -0.05) is 18.2 Å². The van der Waals surface area contributed by atoms with E-state index in [1.165, 1.54) is 0 Å². The number of anilines is 1. The molecule has 0 atom stereocenters. The maximum absolute atomic E-state index is 12.1. The van der Waals surface area contributed by atoms with Gasteiger partial charge in [-0.2, -0.15) is 17.4 Å². The van der Waals surface area contributed by atoms with Crippen molar-refractivity contribution in [2.75, 3.05) is 11.9 Å². The first-order valence-corrected chi connectivity index (χ1v) is 7.47. The highest BCUT2D eigenvalue weighted by Gasteiger charge is 2.28. The Morgan fingerprint density at radius 3 is 2.63 bits per heavy atom. The standard InChI is InChI=1S/C12H17N3O3S/c1-9(2)14-19(17,18)15-7-10-5-3-4-6-11(10)13-12(16)8-15/h3-6,9,14H,7-8H2,1-2H3,(H,13,16). The van der Waals surface area contributed by atoms with Crippen LogP contribution in [0.3, 0.4) is 0 Å². The molecule has 0 radical (unpaired) electrons. The fourth-order valence-electron chi connectivity index (χ4n) is 1.92. The quantitative estimate of drug-likeness (QED) is 0.856. The van der Waals surface area contributed by atoms with Crippen LogP contribution in [-0.4, -0.2) is 31.2 Å². The molecule has 7 heteroatoms. The van der Waals surface area contributed by atoms with Gasteiger partial charge in [0, 0.05) is 18.3 Å². The van der Waals surface area contributed by atoms with Crippen LogP contribution < -0.4 is 10.0 Å². The summed E-state index contributed by atoms with van der Waals surface area (Å²) in [6.07, 6.45) is 0. The molecule has 0 fully saturated rings. The first-order chi connectivity index (χ1) is 8.88. The minimum absolute atomic E-state index is 0.178. The largest absolute Gasteiger partial charge is 0.325 e. The van der Waals surface area contributed by atoms with Gasteiger partial charge in [-0.3, -0.25) is 4.79 Å². The van der Waals surface area contributed by atoms with E-state index in [9.17, 15) is 13.2 Å². The lowest BCUT2D eigenvalue weighted by molar-refractivity contribution is -0.116. The highest BCUT2D eigenvalue weighted by atomic mass is 32.2. The highest BCUT2D eigenvalue weighted by molar-refractivity contribution is 7.87. The van der Waals surface area contributed by atoms with Gasteiger partial charge in [0.2, 0.25) is 5.91 Å². The number of nitrogens with zero attached hydrogens (tertiary/aromatic N) is 1. The molecule has 0 unspecified atom stereocenters. The summed E-state index contributed by atoms with van der Waals surface area (Å²) in [6.45, 7) is 3.47. The molecule has 0 aromatic heterocycles. The fourth-order valence-corrected chi connectivity index (χ4v) is 3.26. The molecule has 0 saturated carbocycles. The van der Waals surface area contributed by atoms with Crippen molar-refractivity contribution in [3.63, 3.8) is 0 Å². The van der Waals surface area contributed by atoms with Crippen LogP contribution in [0.1, 0.15) is 19.4 Å². The summed E-state index contributed by atoms with van der Waals surface area (Å²) in [5, 5.41) is 2.70. The molecule has 1 aliphatic rings. The lowest BCUT2D eigenvalue weighted by atomic mass is 10.2. The number of amides is 1. The molecule has 0 bridgehead atoms. The fraction of sp³-hybridized carbons (Fsp3) is 0.417. The molecule has 0 spiro atoms. The Hall–Kier alpha value is -1.44. The van der Waals surface area contributed by atoms with Gasteiger partial charge in [0.15, 0.2) is 0 Å². The molecule has 2 rings (SSSR count). The first-order valence-electron chi connectivity index (χ1n) is 6.03. The monoisotopic (exact) mass is 283 g/mol. The number of rotatable bonds is 3. The third-order valence-corrected chi connectivity index (χ3v) is 4.39. The van der Waals surface area contributed by atoms with Crippen molar-refractivity contribution in [2.45, 2.75) is 26.4 Å². The topological polar surface area (TPSA) is 78.5 Å². The minimum atomic E-state index is -3.66. The van der Waals surface area contributed by atoms with E-state index in [0.717, 1.165) is 9.87 Å². The van der Waals surface area contributed by atoms with Crippen molar-refractivity contribution in [3.05, 3.63) is 29.8 Å². The summed E-state index contributed by atoms with van der Waals surface area (Å²) in [4.78, 5) is 11.7. The van der Waals surface area contributed by atoms with Crippen LogP contribution in [-0.2, 0) is 21.5 Å². The second-order valence-electron chi connectivity index (χ2n) is 4.75. The van der Waals surface area contributed by atoms with Gasteiger partial charge in [-0.25, -0.2) is 0 Å². The molecule has 1 aromatic carbocycles. The van der Waals surface area contributed by atoms with Gasteiger partial charge in [-0.15, -0.1) is 0 Å². The third-order valence-electron chi connectivity index (χ3n) is 2.68. The highest BCUT2D eigenvalue weighted by Crippen LogP contribution is 2.21. The zero-order chi connectivity index (χ0) is 14.0. The molecule has 2 N–H and O–H groups in total. The van der Waals surface area contributed by atoms with E-state index in [1.807, 2.05) is 6.07 Å². The summed E-state index contributed by atoms with van der Waals surface area (Å²) in [5.41, 5.74) is 1.44. The summed E-state index contributed by atoms with van der Waals surface area (Å²) in [5.74, 6) is -0.334. The van der Waals surface area contributed by atoms with Crippen molar-refractivity contribution in [1.82, 2.24) is 9.03 Å². The summed E-state index contributed by atoms with van der Waals surface area (Å²) in [7, 11) is -3.66. The van der Waals surface area contributed by atoms with E-state index in [0.29, 0.717) is 5.69 Å². The maximum Gasteiger partial charge on any atom is 0.280 e. The van der Waals surface area contributed by atoms with Crippen LogP contribution in [0.5, 0.6) is 0 Å². The minimum Gasteiger partial charge on any atom is -0.325 e. The smallest absolute Gasteiger partial charge is 0.280 e. The number of carbonyl (C=O) groups is 1. The SMILES string of the molecule is CC(C)NS(=O)(=O)N1CC(=O)Nc2ccccc2C1. The predicted octanol–water partition coefficient (Wildman–Crippen LogP) is 0.683. The lowest BCUT2D eigenvalue weighted by Gasteiger charge is -2.21. The number of hydrogen-bond acceptors (Lipinski definition) is 3. The zero-order valence-electron chi connectivity index (χ0n) is 10.9. The van der Waals surface area contributed by atoms with Gasteiger partial charge < -0.3 is 5.32 Å². The van der Waals surface area contributed by atoms with Crippen molar-refractivity contribution in [2.24, 2.45) is 0 Å². The molecule has 1 amide bonds. The van der Waals surface area contributed by atoms with E-state index in [4.69, 9.17) is 0 Å². The summed E-state index contributed by atoms with van der Waals surface area (Å²) < 4.78 is 27.9. The van der Waals surface area contributed by atoms with Crippen LogP contribution in [0.25, 0.3) is 0 Å². The molecule has 0 aliphatic carbocycles. The van der Waals surface area contributed by atoms with E-state index in [-0.39, 0.29) is 25.0 Å². The Morgan fingerprint density at radius 1 is 1.26 bits per heavy atom. The second-order valence-corrected chi connectivity index (χ2v) is 6.45. The number of carbonyl (C=O) groups excluding carboxylic acids is 1. The third kappa shape index (κ3) is 3.31. The van der Waals surface area contributed by atoms with E-state index in [2.05, 4.69) is 10.0 Å². The van der Waals surface area contributed by atoms with Crippen molar-refractivity contribution < 1.29 is 13.2 Å². The van der Waals surface area contributed by atoms with Gasteiger partial charge in [0.1, 0.15) is 0 Å². The van der Waals surface area contributed by atoms with Crippen LogP contribution in [0, 0.1) is 0 Å².